The molecule has 0 aliphatic carbocycles. The summed E-state index contributed by atoms with van der Waals surface area (Å²) in [5.74, 6) is -1.13. The van der Waals surface area contributed by atoms with E-state index >= 15 is 0 Å². The van der Waals surface area contributed by atoms with Crippen molar-refractivity contribution in [1.29, 1.82) is 0 Å². The normalized spacial score (nSPS) is 15.5. The Hall–Kier alpha value is -1.74. The minimum Gasteiger partial charge on any atom is -0.299 e. The lowest BCUT2D eigenvalue weighted by Gasteiger charge is -2.19. The van der Waals surface area contributed by atoms with Crippen molar-refractivity contribution in [3.8, 4) is 11.1 Å². The molecule has 1 fully saturated rings. The molecule has 1 aliphatic heterocycles. The van der Waals surface area contributed by atoms with Crippen molar-refractivity contribution in [1.82, 2.24) is 4.90 Å². The van der Waals surface area contributed by atoms with Gasteiger partial charge in [0.05, 0.1) is 0 Å². The van der Waals surface area contributed by atoms with Crippen LogP contribution in [-0.4, -0.2) is 18.0 Å². The SMILES string of the molecule is CC(C)c1cccc(-c2cc(F)c(F)cc2CN2CCCC2)c1. The number of rotatable bonds is 4. The maximum Gasteiger partial charge on any atom is 0.159 e. The first-order valence-electron chi connectivity index (χ1n) is 8.35. The maximum atomic E-state index is 13.8. The molecule has 0 radical (unpaired) electrons. The predicted octanol–water partition coefficient (Wildman–Crippen LogP) is 5.35. The Balaban J connectivity index is 2.02. The fourth-order valence-corrected chi connectivity index (χ4v) is 3.23. The molecular weight excluding hydrogens is 292 g/mol. The first kappa shape index (κ1) is 16.1. The van der Waals surface area contributed by atoms with Gasteiger partial charge in [-0.05, 0) is 66.2 Å². The van der Waals surface area contributed by atoms with Crippen LogP contribution in [0.25, 0.3) is 11.1 Å². The Morgan fingerprint density at radius 1 is 1.00 bits per heavy atom. The Kier molecular flexibility index (Phi) is 4.76. The fourth-order valence-electron chi connectivity index (χ4n) is 3.23. The number of halogens is 2. The van der Waals surface area contributed by atoms with E-state index in [9.17, 15) is 8.78 Å². The molecule has 3 heteroatoms. The zero-order chi connectivity index (χ0) is 16.4. The van der Waals surface area contributed by atoms with Gasteiger partial charge in [-0.2, -0.15) is 0 Å². The van der Waals surface area contributed by atoms with Crippen molar-refractivity contribution in [2.24, 2.45) is 0 Å². The van der Waals surface area contributed by atoms with E-state index in [1.165, 1.54) is 30.5 Å². The second-order valence-corrected chi connectivity index (χ2v) is 6.69. The van der Waals surface area contributed by atoms with E-state index in [0.717, 1.165) is 29.8 Å². The van der Waals surface area contributed by atoms with Crippen molar-refractivity contribution in [3.63, 3.8) is 0 Å². The van der Waals surface area contributed by atoms with Crippen LogP contribution in [0.4, 0.5) is 8.78 Å². The molecule has 2 aromatic rings. The molecule has 0 atom stereocenters. The van der Waals surface area contributed by atoms with Gasteiger partial charge in [-0.3, -0.25) is 4.90 Å². The van der Waals surface area contributed by atoms with Gasteiger partial charge in [0, 0.05) is 6.54 Å². The van der Waals surface area contributed by atoms with Crippen LogP contribution in [0.1, 0.15) is 43.7 Å². The van der Waals surface area contributed by atoms with Gasteiger partial charge < -0.3 is 0 Å². The first-order valence-corrected chi connectivity index (χ1v) is 8.35. The van der Waals surface area contributed by atoms with E-state index < -0.39 is 11.6 Å². The van der Waals surface area contributed by atoms with Crippen LogP contribution in [0.2, 0.25) is 0 Å². The molecule has 0 unspecified atom stereocenters. The molecule has 1 aliphatic rings. The quantitative estimate of drug-likeness (QED) is 0.735. The lowest BCUT2D eigenvalue weighted by atomic mass is 9.94. The van der Waals surface area contributed by atoms with Gasteiger partial charge >= 0.3 is 0 Å². The van der Waals surface area contributed by atoms with Gasteiger partial charge in [0.25, 0.3) is 0 Å². The summed E-state index contributed by atoms with van der Waals surface area (Å²) < 4.78 is 27.6. The van der Waals surface area contributed by atoms with Crippen molar-refractivity contribution in [3.05, 3.63) is 59.2 Å². The smallest absolute Gasteiger partial charge is 0.159 e. The molecule has 0 aromatic heterocycles. The molecular formula is C20H23F2N. The summed E-state index contributed by atoms with van der Waals surface area (Å²) in [4.78, 5) is 2.31. The highest BCUT2D eigenvalue weighted by molar-refractivity contribution is 5.68. The van der Waals surface area contributed by atoms with Crippen LogP contribution >= 0.6 is 0 Å². The molecule has 1 saturated heterocycles. The standard InChI is InChI=1S/C20H23F2N/c1-14(2)15-6-5-7-16(10-15)18-12-20(22)19(21)11-17(18)13-23-8-3-4-9-23/h5-7,10-12,14H,3-4,8-9,13H2,1-2H3. The molecule has 0 N–H and O–H groups in total. The van der Waals surface area contributed by atoms with E-state index in [1.54, 1.807) is 0 Å². The Morgan fingerprint density at radius 2 is 1.70 bits per heavy atom. The lowest BCUT2D eigenvalue weighted by molar-refractivity contribution is 0.331. The number of benzene rings is 2. The molecule has 122 valence electrons. The summed E-state index contributed by atoms with van der Waals surface area (Å²) in [6.07, 6.45) is 2.36. The zero-order valence-electron chi connectivity index (χ0n) is 13.8. The maximum absolute atomic E-state index is 13.8. The summed E-state index contributed by atoms with van der Waals surface area (Å²) >= 11 is 0. The van der Waals surface area contributed by atoms with Crippen LogP contribution in [0.5, 0.6) is 0 Å². The van der Waals surface area contributed by atoms with Crippen LogP contribution in [0.3, 0.4) is 0 Å². The highest BCUT2D eigenvalue weighted by Crippen LogP contribution is 2.30. The van der Waals surface area contributed by atoms with Crippen molar-refractivity contribution < 1.29 is 8.78 Å². The third kappa shape index (κ3) is 3.61. The van der Waals surface area contributed by atoms with Crippen molar-refractivity contribution in [2.45, 2.75) is 39.2 Å². The molecule has 0 bridgehead atoms. The van der Waals surface area contributed by atoms with Crippen LogP contribution in [0, 0.1) is 11.6 Å². The second kappa shape index (κ2) is 6.79. The molecule has 1 nitrogen and oxygen atoms in total. The summed E-state index contributed by atoms with van der Waals surface area (Å²) in [7, 11) is 0. The topological polar surface area (TPSA) is 3.24 Å². The van der Waals surface area contributed by atoms with E-state index in [0.29, 0.717) is 12.5 Å². The number of nitrogens with zero attached hydrogens (tertiary/aromatic N) is 1. The highest BCUT2D eigenvalue weighted by atomic mass is 19.2. The van der Waals surface area contributed by atoms with Gasteiger partial charge in [0.15, 0.2) is 11.6 Å². The molecule has 3 rings (SSSR count). The van der Waals surface area contributed by atoms with Crippen molar-refractivity contribution in [2.75, 3.05) is 13.1 Å². The molecule has 23 heavy (non-hydrogen) atoms. The van der Waals surface area contributed by atoms with Gasteiger partial charge in [0.2, 0.25) is 0 Å². The van der Waals surface area contributed by atoms with Crippen LogP contribution in [-0.2, 0) is 6.54 Å². The summed E-state index contributed by atoms with van der Waals surface area (Å²) in [5.41, 5.74) is 3.84. The number of likely N-dealkylation sites (tertiary alicyclic amines) is 1. The minimum absolute atomic E-state index is 0.405. The largest absolute Gasteiger partial charge is 0.299 e. The second-order valence-electron chi connectivity index (χ2n) is 6.69. The third-order valence-electron chi connectivity index (χ3n) is 4.60. The molecule has 0 spiro atoms. The van der Waals surface area contributed by atoms with Gasteiger partial charge in [-0.15, -0.1) is 0 Å². The average molecular weight is 315 g/mol. The van der Waals surface area contributed by atoms with Crippen LogP contribution in [0.15, 0.2) is 36.4 Å². The summed E-state index contributed by atoms with van der Waals surface area (Å²) in [5, 5.41) is 0. The Labute approximate surface area is 136 Å². The Morgan fingerprint density at radius 3 is 2.39 bits per heavy atom. The fraction of sp³-hybridized carbons (Fsp3) is 0.400. The molecule has 0 saturated carbocycles. The van der Waals surface area contributed by atoms with Gasteiger partial charge in [-0.25, -0.2) is 8.78 Å². The summed E-state index contributed by atoms with van der Waals surface area (Å²) in [6.45, 7) is 7.01. The third-order valence-corrected chi connectivity index (χ3v) is 4.60. The highest BCUT2D eigenvalue weighted by Gasteiger charge is 2.17. The zero-order valence-corrected chi connectivity index (χ0v) is 13.8. The molecule has 0 amide bonds. The van der Waals surface area contributed by atoms with E-state index in [2.05, 4.69) is 30.9 Å². The number of hydrogen-bond donors (Lipinski definition) is 0. The van der Waals surface area contributed by atoms with E-state index in [-0.39, 0.29) is 0 Å². The molecule has 2 aromatic carbocycles. The van der Waals surface area contributed by atoms with Gasteiger partial charge in [0.1, 0.15) is 0 Å². The molecule has 1 heterocycles. The Bertz CT molecular complexity index is 688. The monoisotopic (exact) mass is 315 g/mol. The van der Waals surface area contributed by atoms with Gasteiger partial charge in [-0.1, -0.05) is 38.1 Å². The minimum atomic E-state index is -0.778. The van der Waals surface area contributed by atoms with E-state index in [1.807, 2.05) is 12.1 Å². The van der Waals surface area contributed by atoms with Crippen LogP contribution < -0.4 is 0 Å². The lowest BCUT2D eigenvalue weighted by Crippen LogP contribution is -2.19. The van der Waals surface area contributed by atoms with Crippen molar-refractivity contribution >= 4 is 0 Å². The average Bonchev–Trinajstić information content (AvgIpc) is 3.04. The summed E-state index contributed by atoms with van der Waals surface area (Å²) in [6, 6.07) is 10.8. The first-order chi connectivity index (χ1) is 11.0. The van der Waals surface area contributed by atoms with E-state index in [4.69, 9.17) is 0 Å². The number of hydrogen-bond acceptors (Lipinski definition) is 1. The predicted molar refractivity (Wildman–Crippen MR) is 90.4 cm³/mol.